The average Bonchev–Trinajstić information content (AvgIpc) is 2.17. The first-order valence-electron chi connectivity index (χ1n) is 4.09. The third-order valence-electron chi connectivity index (χ3n) is 1.40. The largest absolute Gasteiger partial charge is 0.478 e. The molecule has 0 unspecified atom stereocenters. The molecule has 7 heteroatoms. The van der Waals surface area contributed by atoms with E-state index in [0.29, 0.717) is 0 Å². The molecular formula is C9H11NO5S. The maximum Gasteiger partial charge on any atom is 0.337 e. The number of carboxylic acids is 1. The van der Waals surface area contributed by atoms with Crippen LogP contribution in [0.4, 0.5) is 0 Å². The summed E-state index contributed by atoms with van der Waals surface area (Å²) in [4.78, 5) is 9.90. The van der Waals surface area contributed by atoms with Crippen LogP contribution in [0.5, 0.6) is 0 Å². The first-order valence-corrected chi connectivity index (χ1v) is 5.53. The summed E-state index contributed by atoms with van der Waals surface area (Å²) in [5, 5.41) is 14.6. The lowest BCUT2D eigenvalue weighted by Gasteiger charge is -2.00. The summed E-state index contributed by atoms with van der Waals surface area (Å²) >= 11 is 0. The highest BCUT2D eigenvalue weighted by atomic mass is 32.2. The zero-order chi connectivity index (χ0) is 12.8. The molecule has 0 spiro atoms. The number of hydrogen-bond acceptors (Lipinski definition) is 4. The second-order valence-corrected chi connectivity index (χ2v) is 3.96. The van der Waals surface area contributed by atoms with Crippen molar-refractivity contribution in [2.45, 2.75) is 11.8 Å². The molecule has 1 aromatic rings. The summed E-state index contributed by atoms with van der Waals surface area (Å²) in [6, 6.07) is 4.83. The molecule has 3 N–H and O–H groups in total. The highest BCUT2D eigenvalue weighted by molar-refractivity contribution is 7.86. The molecule has 0 aliphatic carbocycles. The molecule has 0 atom stereocenters. The molecule has 0 saturated heterocycles. The lowest BCUT2D eigenvalue weighted by atomic mass is 10.2. The second-order valence-electron chi connectivity index (χ2n) is 2.57. The fourth-order valence-corrected chi connectivity index (χ4v) is 1.55. The Balaban J connectivity index is 0.000000673. The van der Waals surface area contributed by atoms with Crippen molar-refractivity contribution in [2.24, 2.45) is 0 Å². The fraction of sp³-hybridized carbons (Fsp3) is 0.111. The van der Waals surface area contributed by atoms with Gasteiger partial charge in [-0.05, 0) is 25.3 Å². The smallest absolute Gasteiger partial charge is 0.337 e. The van der Waals surface area contributed by atoms with Crippen molar-refractivity contribution in [2.75, 3.05) is 0 Å². The standard InChI is InChI=1S/C7H6O5S.C2H5N/c8-7(9)5-3-1-2-4-6(5)13(10,11)12;1-2-3/h1-4H,(H,8,9)(H,10,11,12);2-3H,1H3. The summed E-state index contributed by atoms with van der Waals surface area (Å²) in [6.07, 6.45) is 1.25. The van der Waals surface area contributed by atoms with E-state index in [4.69, 9.17) is 15.1 Å². The number of aromatic carboxylic acids is 1. The van der Waals surface area contributed by atoms with Crippen LogP contribution in [0, 0.1) is 5.41 Å². The van der Waals surface area contributed by atoms with Gasteiger partial charge in [0.25, 0.3) is 10.1 Å². The van der Waals surface area contributed by atoms with E-state index in [1.165, 1.54) is 18.3 Å². The van der Waals surface area contributed by atoms with E-state index < -0.39 is 26.5 Å². The summed E-state index contributed by atoms with van der Waals surface area (Å²) in [7, 11) is -4.46. The van der Waals surface area contributed by atoms with E-state index in [1.54, 1.807) is 6.92 Å². The Morgan fingerprint density at radius 1 is 1.38 bits per heavy atom. The van der Waals surface area contributed by atoms with Crippen LogP contribution in [0.2, 0.25) is 0 Å². The maximum atomic E-state index is 10.7. The summed E-state index contributed by atoms with van der Waals surface area (Å²) in [5.74, 6) is -1.40. The lowest BCUT2D eigenvalue weighted by Crippen LogP contribution is -2.07. The van der Waals surface area contributed by atoms with Crippen molar-refractivity contribution in [1.82, 2.24) is 0 Å². The Bertz CT molecular complexity index is 480. The predicted molar refractivity (Wildman–Crippen MR) is 57.7 cm³/mol. The number of rotatable bonds is 2. The number of carbonyl (C=O) groups is 1. The topological polar surface area (TPSA) is 116 Å². The van der Waals surface area contributed by atoms with Gasteiger partial charge in [-0.2, -0.15) is 8.42 Å². The molecule has 1 rings (SSSR count). The Hall–Kier alpha value is -1.73. The van der Waals surface area contributed by atoms with Gasteiger partial charge in [-0.1, -0.05) is 12.1 Å². The molecule has 6 nitrogen and oxygen atoms in total. The monoisotopic (exact) mass is 245 g/mol. The van der Waals surface area contributed by atoms with Crippen LogP contribution in [0.15, 0.2) is 29.2 Å². The Kier molecular flexibility index (Phi) is 5.34. The van der Waals surface area contributed by atoms with Crippen LogP contribution in [0.25, 0.3) is 0 Å². The minimum atomic E-state index is -4.46. The third-order valence-corrected chi connectivity index (χ3v) is 2.31. The van der Waals surface area contributed by atoms with Gasteiger partial charge in [0.2, 0.25) is 0 Å². The van der Waals surface area contributed by atoms with Crippen LogP contribution in [0.3, 0.4) is 0 Å². The Labute approximate surface area is 92.8 Å². The van der Waals surface area contributed by atoms with Crippen molar-refractivity contribution in [3.8, 4) is 0 Å². The van der Waals surface area contributed by atoms with Gasteiger partial charge < -0.3 is 10.5 Å². The molecule has 16 heavy (non-hydrogen) atoms. The fourth-order valence-electron chi connectivity index (χ4n) is 0.868. The molecule has 0 radical (unpaired) electrons. The highest BCUT2D eigenvalue weighted by Crippen LogP contribution is 2.14. The Morgan fingerprint density at radius 2 is 1.81 bits per heavy atom. The van der Waals surface area contributed by atoms with Crippen LogP contribution in [-0.4, -0.2) is 30.3 Å². The molecule has 0 bridgehead atoms. The van der Waals surface area contributed by atoms with E-state index in [2.05, 4.69) is 0 Å². The highest BCUT2D eigenvalue weighted by Gasteiger charge is 2.18. The van der Waals surface area contributed by atoms with Crippen LogP contribution < -0.4 is 0 Å². The minimum Gasteiger partial charge on any atom is -0.478 e. The second kappa shape index (κ2) is 5.99. The first-order chi connectivity index (χ1) is 7.34. The van der Waals surface area contributed by atoms with Gasteiger partial charge in [-0.25, -0.2) is 4.79 Å². The number of hydrogen-bond donors (Lipinski definition) is 3. The SMILES string of the molecule is CC=N.O=C(O)c1ccccc1S(=O)(=O)O. The minimum absolute atomic E-state index is 0.440. The molecule has 0 aliphatic rings. The van der Waals surface area contributed by atoms with Crippen molar-refractivity contribution < 1.29 is 22.9 Å². The van der Waals surface area contributed by atoms with E-state index in [9.17, 15) is 13.2 Å². The molecule has 0 aromatic heterocycles. The number of carboxylic acid groups (broad SMARTS) is 1. The summed E-state index contributed by atoms with van der Waals surface area (Å²) in [6.45, 7) is 1.67. The summed E-state index contributed by atoms with van der Waals surface area (Å²) < 4.78 is 29.9. The normalized spacial score (nSPS) is 9.88. The Morgan fingerprint density at radius 3 is 2.12 bits per heavy atom. The molecule has 0 heterocycles. The van der Waals surface area contributed by atoms with Crippen molar-refractivity contribution in [1.29, 1.82) is 5.41 Å². The van der Waals surface area contributed by atoms with E-state index in [1.807, 2.05) is 0 Å². The van der Waals surface area contributed by atoms with E-state index >= 15 is 0 Å². The zero-order valence-electron chi connectivity index (χ0n) is 8.41. The predicted octanol–water partition coefficient (Wildman–Crippen LogP) is 1.29. The molecule has 0 amide bonds. The first kappa shape index (κ1) is 14.3. The van der Waals surface area contributed by atoms with Crippen molar-refractivity contribution in [3.05, 3.63) is 29.8 Å². The lowest BCUT2D eigenvalue weighted by molar-refractivity contribution is 0.0692. The maximum absolute atomic E-state index is 10.7. The number of nitrogens with one attached hydrogen (secondary N) is 1. The van der Waals surface area contributed by atoms with Gasteiger partial charge in [0, 0.05) is 0 Å². The summed E-state index contributed by atoms with van der Waals surface area (Å²) in [5.41, 5.74) is -0.440. The third kappa shape index (κ3) is 4.20. The molecule has 88 valence electrons. The van der Waals surface area contributed by atoms with Crippen LogP contribution in [-0.2, 0) is 10.1 Å². The molecule has 1 aromatic carbocycles. The van der Waals surface area contributed by atoms with Gasteiger partial charge in [0.15, 0.2) is 0 Å². The van der Waals surface area contributed by atoms with Crippen LogP contribution >= 0.6 is 0 Å². The van der Waals surface area contributed by atoms with Crippen LogP contribution in [0.1, 0.15) is 17.3 Å². The van der Waals surface area contributed by atoms with Gasteiger partial charge >= 0.3 is 5.97 Å². The van der Waals surface area contributed by atoms with Gasteiger partial charge in [-0.15, -0.1) is 0 Å². The van der Waals surface area contributed by atoms with Crippen molar-refractivity contribution in [3.63, 3.8) is 0 Å². The zero-order valence-corrected chi connectivity index (χ0v) is 9.23. The average molecular weight is 245 g/mol. The van der Waals surface area contributed by atoms with Gasteiger partial charge in [0.1, 0.15) is 4.90 Å². The van der Waals surface area contributed by atoms with Gasteiger partial charge in [0.05, 0.1) is 5.56 Å². The molecule has 0 fully saturated rings. The molecule has 0 aliphatic heterocycles. The van der Waals surface area contributed by atoms with E-state index in [-0.39, 0.29) is 0 Å². The molecular weight excluding hydrogens is 234 g/mol. The quantitative estimate of drug-likeness (QED) is 0.536. The van der Waals surface area contributed by atoms with Crippen molar-refractivity contribution >= 4 is 22.3 Å². The van der Waals surface area contributed by atoms with E-state index in [0.717, 1.165) is 12.1 Å². The number of benzene rings is 1. The van der Waals surface area contributed by atoms with Gasteiger partial charge in [-0.3, -0.25) is 4.55 Å². The molecule has 0 saturated carbocycles.